The Hall–Kier alpha value is -2.67. The molecule has 2 aromatic rings. The molecule has 1 heterocycles. The van der Waals surface area contributed by atoms with Crippen molar-refractivity contribution in [2.75, 3.05) is 5.32 Å². The van der Waals surface area contributed by atoms with Gasteiger partial charge >= 0.3 is 5.97 Å². The number of carbonyl (C=O) groups excluding carboxylic acids is 3. The maximum Gasteiger partial charge on any atom is 0.349 e. The molecule has 7 heteroatoms. The molecule has 1 fully saturated rings. The number of esters is 1. The normalized spacial score (nSPS) is 14.4. The predicted octanol–water partition coefficient (Wildman–Crippen LogP) is 2.88. The molecule has 25 heavy (non-hydrogen) atoms. The van der Waals surface area contributed by atoms with E-state index in [9.17, 15) is 14.4 Å². The molecule has 1 saturated carbocycles. The zero-order valence-electron chi connectivity index (χ0n) is 13.7. The van der Waals surface area contributed by atoms with Crippen LogP contribution in [-0.4, -0.2) is 23.8 Å². The van der Waals surface area contributed by atoms with Crippen molar-refractivity contribution < 1.29 is 19.1 Å². The van der Waals surface area contributed by atoms with E-state index in [1.54, 1.807) is 36.4 Å². The summed E-state index contributed by atoms with van der Waals surface area (Å²) in [7, 11) is 0. The minimum atomic E-state index is -0.999. The molecule has 6 nitrogen and oxygen atoms in total. The molecule has 2 N–H and O–H groups in total. The Morgan fingerprint density at radius 2 is 1.84 bits per heavy atom. The van der Waals surface area contributed by atoms with Crippen LogP contribution in [0.1, 0.15) is 41.1 Å². The fourth-order valence-electron chi connectivity index (χ4n) is 2.26. The lowest BCUT2D eigenvalue weighted by Gasteiger charge is -2.17. The van der Waals surface area contributed by atoms with Crippen LogP contribution in [0.25, 0.3) is 0 Å². The molecule has 0 aliphatic heterocycles. The van der Waals surface area contributed by atoms with Gasteiger partial charge in [0.15, 0.2) is 0 Å². The summed E-state index contributed by atoms with van der Waals surface area (Å²) in [6.07, 6.45) is 0.902. The van der Waals surface area contributed by atoms with Gasteiger partial charge in [0.1, 0.15) is 4.88 Å². The molecule has 1 aromatic heterocycles. The van der Waals surface area contributed by atoms with Crippen molar-refractivity contribution in [2.45, 2.75) is 31.9 Å². The Bertz CT molecular complexity index is 783. The first-order valence-electron chi connectivity index (χ1n) is 7.96. The maximum absolute atomic E-state index is 12.5. The molecule has 0 spiro atoms. The van der Waals surface area contributed by atoms with E-state index >= 15 is 0 Å². The topological polar surface area (TPSA) is 84.5 Å². The molecular weight excluding hydrogens is 340 g/mol. The highest BCUT2D eigenvalue weighted by Gasteiger charge is 2.31. The zero-order chi connectivity index (χ0) is 17.8. The number of anilines is 1. The number of hydrogen-bond donors (Lipinski definition) is 2. The lowest BCUT2D eigenvalue weighted by molar-refractivity contribution is -0.130. The first-order valence-corrected chi connectivity index (χ1v) is 8.78. The van der Waals surface area contributed by atoms with Crippen LogP contribution in [0.15, 0.2) is 42.5 Å². The number of amides is 2. The standard InChI is InChI=1S/C18H18N2O4S/c1-11(21)19-15-10-9-14(25-15)18(23)24-16(12-5-3-2-4-6-12)17(22)20-13-7-8-13/h2-6,9-10,13,16H,7-8H2,1H3,(H,19,21)(H,20,22). The highest BCUT2D eigenvalue weighted by molar-refractivity contribution is 7.18. The molecule has 1 unspecified atom stereocenters. The largest absolute Gasteiger partial charge is 0.443 e. The van der Waals surface area contributed by atoms with Crippen LogP contribution in [-0.2, 0) is 14.3 Å². The fourth-order valence-corrected chi connectivity index (χ4v) is 3.09. The van der Waals surface area contributed by atoms with Crippen LogP contribution >= 0.6 is 11.3 Å². The predicted molar refractivity (Wildman–Crippen MR) is 94.4 cm³/mol. The summed E-state index contributed by atoms with van der Waals surface area (Å²) in [5.41, 5.74) is 0.618. The third-order valence-corrected chi connectivity index (χ3v) is 4.58. The second kappa shape index (κ2) is 7.48. The van der Waals surface area contributed by atoms with Crippen molar-refractivity contribution in [3.8, 4) is 0 Å². The van der Waals surface area contributed by atoms with Crippen LogP contribution in [0.5, 0.6) is 0 Å². The second-order valence-electron chi connectivity index (χ2n) is 5.82. The summed E-state index contributed by atoms with van der Waals surface area (Å²) in [6, 6.07) is 12.3. The van der Waals surface area contributed by atoms with Gasteiger partial charge in [0.05, 0.1) is 5.00 Å². The second-order valence-corrected chi connectivity index (χ2v) is 6.91. The van der Waals surface area contributed by atoms with Gasteiger partial charge in [-0.25, -0.2) is 4.79 Å². The van der Waals surface area contributed by atoms with E-state index in [4.69, 9.17) is 4.74 Å². The number of nitrogens with one attached hydrogen (secondary N) is 2. The lowest BCUT2D eigenvalue weighted by Crippen LogP contribution is -2.33. The first-order chi connectivity index (χ1) is 12.0. The molecule has 0 saturated heterocycles. The number of rotatable bonds is 6. The van der Waals surface area contributed by atoms with E-state index in [1.807, 2.05) is 6.07 Å². The van der Waals surface area contributed by atoms with Crippen LogP contribution in [0.4, 0.5) is 5.00 Å². The number of carbonyl (C=O) groups is 3. The summed E-state index contributed by atoms with van der Waals surface area (Å²) in [5, 5.41) is 6.04. The van der Waals surface area contributed by atoms with E-state index in [0.717, 1.165) is 24.2 Å². The molecule has 1 aliphatic rings. The molecule has 1 aromatic carbocycles. The molecule has 0 radical (unpaired) electrons. The Labute approximate surface area is 149 Å². The van der Waals surface area contributed by atoms with Gasteiger partial charge in [-0.2, -0.15) is 0 Å². The average Bonchev–Trinajstić information content (AvgIpc) is 3.28. The molecular formula is C18H18N2O4S. The molecule has 0 bridgehead atoms. The van der Waals surface area contributed by atoms with Gasteiger partial charge < -0.3 is 15.4 Å². The van der Waals surface area contributed by atoms with E-state index < -0.39 is 12.1 Å². The first kappa shape index (κ1) is 17.2. The van der Waals surface area contributed by atoms with Crippen LogP contribution in [0, 0.1) is 0 Å². The molecule has 130 valence electrons. The minimum Gasteiger partial charge on any atom is -0.443 e. The molecule has 1 atom stereocenters. The molecule has 1 aliphatic carbocycles. The van der Waals surface area contributed by atoms with Gasteiger partial charge in [-0.1, -0.05) is 30.3 Å². The summed E-state index contributed by atoms with van der Waals surface area (Å²) in [6.45, 7) is 1.39. The summed E-state index contributed by atoms with van der Waals surface area (Å²) in [4.78, 5) is 36.3. The number of hydrogen-bond acceptors (Lipinski definition) is 5. The van der Waals surface area contributed by atoms with Gasteiger partial charge in [-0.15, -0.1) is 11.3 Å². The van der Waals surface area contributed by atoms with Crippen molar-refractivity contribution >= 4 is 34.1 Å². The highest BCUT2D eigenvalue weighted by Crippen LogP contribution is 2.27. The molecule has 3 rings (SSSR count). The SMILES string of the molecule is CC(=O)Nc1ccc(C(=O)OC(C(=O)NC2CC2)c2ccccc2)s1. The maximum atomic E-state index is 12.5. The Morgan fingerprint density at radius 1 is 1.12 bits per heavy atom. The summed E-state index contributed by atoms with van der Waals surface area (Å²) >= 11 is 1.11. The summed E-state index contributed by atoms with van der Waals surface area (Å²) in [5.74, 6) is -1.13. The molecule has 2 amide bonds. The smallest absolute Gasteiger partial charge is 0.349 e. The Morgan fingerprint density at radius 3 is 2.48 bits per heavy atom. The fraction of sp³-hybridized carbons (Fsp3) is 0.278. The van der Waals surface area contributed by atoms with Gasteiger partial charge in [-0.3, -0.25) is 9.59 Å². The summed E-state index contributed by atoms with van der Waals surface area (Å²) < 4.78 is 5.48. The Kier molecular flexibility index (Phi) is 5.14. The van der Waals surface area contributed by atoms with Crippen molar-refractivity contribution in [1.82, 2.24) is 5.32 Å². The number of benzene rings is 1. The zero-order valence-corrected chi connectivity index (χ0v) is 14.5. The van der Waals surface area contributed by atoms with Crippen molar-refractivity contribution in [3.05, 3.63) is 52.9 Å². The van der Waals surface area contributed by atoms with Gasteiger partial charge in [0, 0.05) is 18.5 Å². The van der Waals surface area contributed by atoms with E-state index in [-0.39, 0.29) is 17.9 Å². The van der Waals surface area contributed by atoms with Crippen molar-refractivity contribution in [1.29, 1.82) is 0 Å². The number of ether oxygens (including phenoxy) is 1. The van der Waals surface area contributed by atoms with Gasteiger partial charge in [-0.05, 0) is 25.0 Å². The average molecular weight is 358 g/mol. The van der Waals surface area contributed by atoms with Gasteiger partial charge in [0.2, 0.25) is 12.0 Å². The Balaban J connectivity index is 1.74. The van der Waals surface area contributed by atoms with E-state index in [1.165, 1.54) is 6.92 Å². The van der Waals surface area contributed by atoms with E-state index in [0.29, 0.717) is 15.4 Å². The minimum absolute atomic E-state index is 0.172. The van der Waals surface area contributed by atoms with Crippen LogP contribution < -0.4 is 10.6 Å². The van der Waals surface area contributed by atoms with Crippen LogP contribution in [0.3, 0.4) is 0 Å². The monoisotopic (exact) mass is 358 g/mol. The number of thiophene rings is 1. The lowest BCUT2D eigenvalue weighted by atomic mass is 10.1. The van der Waals surface area contributed by atoms with Crippen molar-refractivity contribution in [3.63, 3.8) is 0 Å². The van der Waals surface area contributed by atoms with E-state index in [2.05, 4.69) is 10.6 Å². The quantitative estimate of drug-likeness (QED) is 0.778. The van der Waals surface area contributed by atoms with Gasteiger partial charge in [0.25, 0.3) is 5.91 Å². The third kappa shape index (κ3) is 4.67. The van der Waals surface area contributed by atoms with Crippen LogP contribution in [0.2, 0.25) is 0 Å². The van der Waals surface area contributed by atoms with Crippen molar-refractivity contribution in [2.24, 2.45) is 0 Å². The third-order valence-electron chi connectivity index (χ3n) is 3.60. The highest BCUT2D eigenvalue weighted by atomic mass is 32.1.